The zero-order valence-corrected chi connectivity index (χ0v) is 12.3. The van der Waals surface area contributed by atoms with Gasteiger partial charge in [0.05, 0.1) is 7.11 Å². The van der Waals surface area contributed by atoms with Crippen molar-refractivity contribution in [1.82, 2.24) is 10.6 Å². The summed E-state index contributed by atoms with van der Waals surface area (Å²) in [5.41, 5.74) is 2.74. The maximum Gasteiger partial charge on any atom is 0.122 e. The maximum atomic E-state index is 5.44. The maximum absolute atomic E-state index is 5.44. The van der Waals surface area contributed by atoms with Crippen molar-refractivity contribution in [2.24, 2.45) is 0 Å². The minimum atomic E-state index is 0.111. The molecule has 18 heavy (non-hydrogen) atoms. The van der Waals surface area contributed by atoms with Crippen LogP contribution in [-0.2, 0) is 11.8 Å². The molecule has 3 heteroatoms. The zero-order chi connectivity index (χ0) is 13.6. The van der Waals surface area contributed by atoms with Gasteiger partial charge in [-0.15, -0.1) is 0 Å². The number of nitrogens with one attached hydrogen (secondary N) is 2. The Bertz CT molecular complexity index is 369. The third-order valence-electron chi connectivity index (χ3n) is 2.96. The molecule has 1 rings (SSSR count). The predicted molar refractivity (Wildman–Crippen MR) is 77.3 cm³/mol. The highest BCUT2D eigenvalue weighted by Gasteiger charge is 2.18. The van der Waals surface area contributed by atoms with Crippen LogP contribution in [0.3, 0.4) is 0 Å². The second-order valence-corrected chi connectivity index (χ2v) is 5.56. The monoisotopic (exact) mass is 250 g/mol. The summed E-state index contributed by atoms with van der Waals surface area (Å²) in [5, 5.41) is 6.40. The average Bonchev–Trinajstić information content (AvgIpc) is 2.33. The fourth-order valence-electron chi connectivity index (χ4n) is 1.94. The van der Waals surface area contributed by atoms with Crippen LogP contribution < -0.4 is 15.4 Å². The first-order valence-electron chi connectivity index (χ1n) is 6.51. The lowest BCUT2D eigenvalue weighted by Crippen LogP contribution is -2.27. The summed E-state index contributed by atoms with van der Waals surface area (Å²) in [4.78, 5) is 0. The minimum absolute atomic E-state index is 0.111. The van der Waals surface area contributed by atoms with Gasteiger partial charge in [0.2, 0.25) is 0 Å². The summed E-state index contributed by atoms with van der Waals surface area (Å²) in [5.74, 6) is 0.981. The Hall–Kier alpha value is -1.06. The molecule has 0 aliphatic carbocycles. The molecule has 0 heterocycles. The van der Waals surface area contributed by atoms with E-state index < -0.39 is 0 Å². The molecule has 1 aromatic carbocycles. The number of rotatable bonds is 6. The van der Waals surface area contributed by atoms with Gasteiger partial charge in [-0.25, -0.2) is 0 Å². The van der Waals surface area contributed by atoms with E-state index >= 15 is 0 Å². The quantitative estimate of drug-likeness (QED) is 0.600. The molecular formula is C15H26N2O. The van der Waals surface area contributed by atoms with E-state index in [1.54, 1.807) is 7.11 Å². The highest BCUT2D eigenvalue weighted by atomic mass is 16.5. The van der Waals surface area contributed by atoms with Crippen LogP contribution in [0.4, 0.5) is 0 Å². The molecule has 0 aliphatic heterocycles. The molecule has 0 unspecified atom stereocenters. The summed E-state index contributed by atoms with van der Waals surface area (Å²) >= 11 is 0. The van der Waals surface area contributed by atoms with Crippen molar-refractivity contribution in [1.29, 1.82) is 0 Å². The van der Waals surface area contributed by atoms with Crippen LogP contribution in [0.2, 0.25) is 0 Å². The lowest BCUT2D eigenvalue weighted by atomic mass is 9.85. The van der Waals surface area contributed by atoms with Gasteiger partial charge in [0.1, 0.15) is 5.75 Å². The highest BCUT2D eigenvalue weighted by Crippen LogP contribution is 2.31. The van der Waals surface area contributed by atoms with Crippen molar-refractivity contribution in [3.8, 4) is 5.75 Å². The lowest BCUT2D eigenvalue weighted by Gasteiger charge is -2.23. The average molecular weight is 250 g/mol. The molecular weight excluding hydrogens is 224 g/mol. The summed E-state index contributed by atoms with van der Waals surface area (Å²) in [6.45, 7) is 8.48. The fourth-order valence-corrected chi connectivity index (χ4v) is 1.94. The number of benzene rings is 1. The molecule has 0 aromatic heterocycles. The Labute approximate surface area is 111 Å². The smallest absolute Gasteiger partial charge is 0.122 e. The largest absolute Gasteiger partial charge is 0.496 e. The number of methoxy groups -OCH3 is 1. The molecule has 0 aliphatic rings. The Morgan fingerprint density at radius 2 is 1.94 bits per heavy atom. The molecule has 0 bridgehead atoms. The normalized spacial score (nSPS) is 11.6. The van der Waals surface area contributed by atoms with Gasteiger partial charge in [0.15, 0.2) is 0 Å². The molecule has 0 radical (unpaired) electrons. The standard InChI is InChI=1S/C15H26N2O/c1-15(2,3)13-10-12(6-7-14(13)18-5)8-9-17-11-16-4/h6-7,10,16-17H,8-9,11H2,1-5H3. The van der Waals surface area contributed by atoms with Crippen LogP contribution in [0.1, 0.15) is 31.9 Å². The summed E-state index contributed by atoms with van der Waals surface area (Å²) in [7, 11) is 3.68. The van der Waals surface area contributed by atoms with E-state index in [1.807, 2.05) is 7.05 Å². The first-order valence-corrected chi connectivity index (χ1v) is 6.51. The van der Waals surface area contributed by atoms with Crippen LogP contribution in [0, 0.1) is 0 Å². The summed E-state index contributed by atoms with van der Waals surface area (Å²) < 4.78 is 5.44. The van der Waals surface area contributed by atoms with Crippen LogP contribution in [0.25, 0.3) is 0 Å². The van der Waals surface area contributed by atoms with Gasteiger partial charge in [-0.05, 0) is 36.1 Å². The zero-order valence-electron chi connectivity index (χ0n) is 12.3. The second-order valence-electron chi connectivity index (χ2n) is 5.56. The van der Waals surface area contributed by atoms with Crippen molar-refractivity contribution in [2.45, 2.75) is 32.6 Å². The molecule has 102 valence electrons. The van der Waals surface area contributed by atoms with Crippen molar-refractivity contribution in [3.05, 3.63) is 29.3 Å². The van der Waals surface area contributed by atoms with Crippen LogP contribution in [0.15, 0.2) is 18.2 Å². The molecule has 0 saturated heterocycles. The molecule has 1 aromatic rings. The first kappa shape index (κ1) is 15.0. The Kier molecular flexibility index (Phi) is 5.63. The Morgan fingerprint density at radius 3 is 2.50 bits per heavy atom. The highest BCUT2D eigenvalue weighted by molar-refractivity contribution is 5.41. The van der Waals surface area contributed by atoms with Crippen molar-refractivity contribution < 1.29 is 4.74 Å². The first-order chi connectivity index (χ1) is 8.49. The number of hydrogen-bond donors (Lipinski definition) is 2. The van der Waals surface area contributed by atoms with Gasteiger partial charge in [0.25, 0.3) is 0 Å². The molecule has 3 nitrogen and oxygen atoms in total. The van der Waals surface area contributed by atoms with Gasteiger partial charge in [-0.3, -0.25) is 0 Å². The number of hydrogen-bond acceptors (Lipinski definition) is 3. The number of ether oxygens (including phenoxy) is 1. The SMILES string of the molecule is CNCNCCc1ccc(OC)c(C(C)(C)C)c1. The Balaban J connectivity index is 2.77. The van der Waals surface area contributed by atoms with Gasteiger partial charge in [0, 0.05) is 13.2 Å². The minimum Gasteiger partial charge on any atom is -0.496 e. The summed E-state index contributed by atoms with van der Waals surface area (Å²) in [6.07, 6.45) is 1.04. The molecule has 0 saturated carbocycles. The van der Waals surface area contributed by atoms with E-state index in [4.69, 9.17) is 4.74 Å². The third-order valence-corrected chi connectivity index (χ3v) is 2.96. The molecule has 0 fully saturated rings. The molecule has 0 atom stereocenters. The molecule has 2 N–H and O–H groups in total. The van der Waals surface area contributed by atoms with Crippen LogP contribution in [0.5, 0.6) is 5.75 Å². The van der Waals surface area contributed by atoms with Crippen molar-refractivity contribution in [3.63, 3.8) is 0 Å². The van der Waals surface area contributed by atoms with Crippen LogP contribution in [-0.4, -0.2) is 27.4 Å². The van der Waals surface area contributed by atoms with Gasteiger partial charge in [-0.1, -0.05) is 32.9 Å². The third kappa shape index (κ3) is 4.31. The van der Waals surface area contributed by atoms with Crippen molar-refractivity contribution in [2.75, 3.05) is 27.4 Å². The topological polar surface area (TPSA) is 33.3 Å². The van der Waals surface area contributed by atoms with Crippen LogP contribution >= 0.6 is 0 Å². The summed E-state index contributed by atoms with van der Waals surface area (Å²) in [6, 6.07) is 6.49. The second kappa shape index (κ2) is 6.76. The molecule has 0 amide bonds. The van der Waals surface area contributed by atoms with Crippen molar-refractivity contribution >= 4 is 0 Å². The van der Waals surface area contributed by atoms with E-state index in [0.717, 1.165) is 25.4 Å². The van der Waals surface area contributed by atoms with Gasteiger partial charge >= 0.3 is 0 Å². The fraction of sp³-hybridized carbons (Fsp3) is 0.600. The molecule has 0 spiro atoms. The Morgan fingerprint density at radius 1 is 1.22 bits per heavy atom. The van der Waals surface area contributed by atoms with E-state index in [9.17, 15) is 0 Å². The van der Waals surface area contributed by atoms with E-state index in [2.05, 4.69) is 49.6 Å². The van der Waals surface area contributed by atoms with E-state index in [0.29, 0.717) is 0 Å². The van der Waals surface area contributed by atoms with Gasteiger partial charge in [-0.2, -0.15) is 0 Å². The predicted octanol–water partition coefficient (Wildman–Crippen LogP) is 2.30. The van der Waals surface area contributed by atoms with E-state index in [1.165, 1.54) is 11.1 Å². The van der Waals surface area contributed by atoms with Gasteiger partial charge < -0.3 is 15.4 Å². The lowest BCUT2D eigenvalue weighted by molar-refractivity contribution is 0.397. The van der Waals surface area contributed by atoms with E-state index in [-0.39, 0.29) is 5.41 Å².